The smallest absolute Gasteiger partial charge is 0.188 e. The van der Waals surface area contributed by atoms with Gasteiger partial charge in [0.25, 0.3) is 0 Å². The highest BCUT2D eigenvalue weighted by Crippen LogP contribution is 2.38. The minimum Gasteiger partial charge on any atom is -0.490 e. The van der Waals surface area contributed by atoms with Gasteiger partial charge in [-0.25, -0.2) is 0 Å². The lowest BCUT2D eigenvalue weighted by molar-refractivity contribution is 0.259. The molecule has 0 unspecified atom stereocenters. The van der Waals surface area contributed by atoms with Gasteiger partial charge >= 0.3 is 0 Å². The Balaban J connectivity index is 1.95. The predicted molar refractivity (Wildman–Crippen MR) is 135 cm³/mol. The van der Waals surface area contributed by atoms with Crippen LogP contribution >= 0.6 is 0 Å². The van der Waals surface area contributed by atoms with E-state index in [9.17, 15) is 0 Å². The van der Waals surface area contributed by atoms with E-state index in [4.69, 9.17) is 9.47 Å². The van der Waals surface area contributed by atoms with Crippen molar-refractivity contribution >= 4 is 11.4 Å². The molecular weight excluding hydrogens is 396 g/mol. The van der Waals surface area contributed by atoms with Crippen LogP contribution in [0.1, 0.15) is 90.9 Å². The largest absolute Gasteiger partial charge is 0.490 e. The molecule has 4 nitrogen and oxygen atoms in total. The molecule has 0 fully saturated rings. The molecule has 0 aromatic heterocycles. The minimum atomic E-state index is 0.678. The first-order valence-corrected chi connectivity index (χ1v) is 12.7. The van der Waals surface area contributed by atoms with Crippen LogP contribution < -0.4 is 9.47 Å². The van der Waals surface area contributed by atoms with Gasteiger partial charge in [-0.3, -0.25) is 0 Å². The molecule has 0 N–H and O–H groups in total. The third-order valence-electron chi connectivity index (χ3n) is 5.49. The van der Waals surface area contributed by atoms with E-state index in [1.807, 2.05) is 48.5 Å². The summed E-state index contributed by atoms with van der Waals surface area (Å²) >= 11 is 0. The summed E-state index contributed by atoms with van der Waals surface area (Å²) in [5.41, 5.74) is 1.55. The van der Waals surface area contributed by atoms with Gasteiger partial charge in [0, 0.05) is 0 Å². The van der Waals surface area contributed by atoms with Crippen LogP contribution in [0.3, 0.4) is 0 Å². The molecule has 32 heavy (non-hydrogen) atoms. The standard InChI is InChI=1S/C28H42N2O2/c1-3-5-7-9-11-16-23-31-27-22-18-21-26(30-29-25-19-14-13-15-20-25)28(27)32-24-17-12-10-8-6-4-2/h13-15,18-22H,3-12,16-17,23-24H2,1-2H3. The Bertz CT molecular complexity index is 746. The summed E-state index contributed by atoms with van der Waals surface area (Å²) in [5, 5.41) is 8.86. The average molecular weight is 439 g/mol. The molecule has 0 amide bonds. The zero-order valence-corrected chi connectivity index (χ0v) is 20.2. The summed E-state index contributed by atoms with van der Waals surface area (Å²) in [5.74, 6) is 1.49. The van der Waals surface area contributed by atoms with Gasteiger partial charge in [-0.15, -0.1) is 5.11 Å². The second-order valence-electron chi connectivity index (χ2n) is 8.37. The van der Waals surface area contributed by atoms with Gasteiger partial charge in [0.2, 0.25) is 0 Å². The minimum absolute atomic E-state index is 0.678. The van der Waals surface area contributed by atoms with Gasteiger partial charge < -0.3 is 9.47 Å². The van der Waals surface area contributed by atoms with Crippen molar-refractivity contribution < 1.29 is 9.47 Å². The van der Waals surface area contributed by atoms with Gasteiger partial charge in [-0.1, -0.05) is 102 Å². The number of para-hydroxylation sites is 1. The molecule has 2 rings (SSSR count). The van der Waals surface area contributed by atoms with Crippen LogP contribution in [0.5, 0.6) is 11.5 Å². The molecular formula is C28H42N2O2. The lowest BCUT2D eigenvalue weighted by Crippen LogP contribution is -2.03. The molecule has 0 heterocycles. The van der Waals surface area contributed by atoms with Crippen LogP contribution in [0, 0.1) is 0 Å². The highest BCUT2D eigenvalue weighted by Gasteiger charge is 2.11. The van der Waals surface area contributed by atoms with Crippen molar-refractivity contribution in [2.24, 2.45) is 10.2 Å². The quantitative estimate of drug-likeness (QED) is 0.172. The second kappa shape index (κ2) is 17.2. The van der Waals surface area contributed by atoms with Crippen LogP contribution in [0.15, 0.2) is 58.8 Å². The number of azo groups is 1. The summed E-state index contributed by atoms with van der Waals surface area (Å²) in [6, 6.07) is 15.7. The fourth-order valence-corrected chi connectivity index (χ4v) is 3.57. The molecule has 0 radical (unpaired) electrons. The zero-order chi connectivity index (χ0) is 22.7. The van der Waals surface area contributed by atoms with E-state index in [2.05, 4.69) is 24.1 Å². The third-order valence-corrected chi connectivity index (χ3v) is 5.49. The molecule has 2 aromatic rings. The Kier molecular flexibility index (Phi) is 13.9. The fraction of sp³-hybridized carbons (Fsp3) is 0.571. The van der Waals surface area contributed by atoms with Crippen molar-refractivity contribution in [3.8, 4) is 11.5 Å². The molecule has 2 aromatic carbocycles. The summed E-state index contributed by atoms with van der Waals surface area (Å²) in [7, 11) is 0. The van der Waals surface area contributed by atoms with E-state index in [0.717, 1.165) is 30.0 Å². The van der Waals surface area contributed by atoms with Gasteiger partial charge in [-0.05, 0) is 37.1 Å². The van der Waals surface area contributed by atoms with Crippen LogP contribution in [0.4, 0.5) is 11.4 Å². The number of benzene rings is 2. The first kappa shape index (κ1) is 25.9. The maximum Gasteiger partial charge on any atom is 0.188 e. The van der Waals surface area contributed by atoms with Crippen LogP contribution in [0.2, 0.25) is 0 Å². The first-order valence-electron chi connectivity index (χ1n) is 12.7. The molecule has 4 heteroatoms. The zero-order valence-electron chi connectivity index (χ0n) is 20.2. The van der Waals surface area contributed by atoms with Gasteiger partial charge in [0.1, 0.15) is 5.69 Å². The molecule has 0 saturated heterocycles. The SMILES string of the molecule is CCCCCCCCOc1cccc(N=Nc2ccccc2)c1OCCCCCCCC. The Hall–Kier alpha value is -2.36. The third kappa shape index (κ3) is 10.8. The van der Waals surface area contributed by atoms with E-state index in [0.29, 0.717) is 19.0 Å². The maximum absolute atomic E-state index is 6.19. The number of rotatable bonds is 18. The van der Waals surface area contributed by atoms with Crippen molar-refractivity contribution in [1.29, 1.82) is 0 Å². The number of ether oxygens (including phenoxy) is 2. The summed E-state index contributed by atoms with van der Waals surface area (Å²) in [6.45, 7) is 5.88. The van der Waals surface area contributed by atoms with E-state index >= 15 is 0 Å². The normalized spacial score (nSPS) is 11.2. The lowest BCUT2D eigenvalue weighted by Gasteiger charge is -2.14. The van der Waals surface area contributed by atoms with Gasteiger partial charge in [0.05, 0.1) is 18.9 Å². The Morgan fingerprint density at radius 1 is 0.562 bits per heavy atom. The van der Waals surface area contributed by atoms with Crippen LogP contribution in [-0.2, 0) is 0 Å². The lowest BCUT2D eigenvalue weighted by atomic mass is 10.1. The Labute approximate surface area is 195 Å². The topological polar surface area (TPSA) is 43.2 Å². The highest BCUT2D eigenvalue weighted by molar-refractivity contribution is 5.59. The van der Waals surface area contributed by atoms with Crippen molar-refractivity contribution in [2.45, 2.75) is 90.9 Å². The van der Waals surface area contributed by atoms with Crippen LogP contribution in [0.25, 0.3) is 0 Å². The van der Waals surface area contributed by atoms with Gasteiger partial charge in [0.15, 0.2) is 11.5 Å². The fourth-order valence-electron chi connectivity index (χ4n) is 3.57. The van der Waals surface area contributed by atoms with Crippen molar-refractivity contribution in [2.75, 3.05) is 13.2 Å². The molecule has 0 atom stereocenters. The van der Waals surface area contributed by atoms with E-state index in [1.54, 1.807) is 0 Å². The molecule has 176 valence electrons. The molecule has 0 aliphatic heterocycles. The monoisotopic (exact) mass is 438 g/mol. The summed E-state index contributed by atoms with van der Waals surface area (Å²) in [6.07, 6.45) is 14.9. The Morgan fingerprint density at radius 2 is 1.16 bits per heavy atom. The highest BCUT2D eigenvalue weighted by atomic mass is 16.5. The summed E-state index contributed by atoms with van der Waals surface area (Å²) in [4.78, 5) is 0. The number of hydrogen-bond donors (Lipinski definition) is 0. The summed E-state index contributed by atoms with van der Waals surface area (Å²) < 4.78 is 12.3. The molecule has 0 saturated carbocycles. The average Bonchev–Trinajstić information content (AvgIpc) is 2.83. The van der Waals surface area contributed by atoms with E-state index < -0.39 is 0 Å². The van der Waals surface area contributed by atoms with Crippen molar-refractivity contribution in [3.05, 3.63) is 48.5 Å². The Morgan fingerprint density at radius 3 is 1.81 bits per heavy atom. The van der Waals surface area contributed by atoms with Gasteiger partial charge in [-0.2, -0.15) is 5.11 Å². The van der Waals surface area contributed by atoms with Crippen molar-refractivity contribution in [3.63, 3.8) is 0 Å². The predicted octanol–water partition coefficient (Wildman–Crippen LogP) is 9.58. The molecule has 0 spiro atoms. The molecule has 0 aliphatic carbocycles. The second-order valence-corrected chi connectivity index (χ2v) is 8.37. The van der Waals surface area contributed by atoms with Crippen LogP contribution in [-0.4, -0.2) is 13.2 Å². The van der Waals surface area contributed by atoms with E-state index in [-0.39, 0.29) is 0 Å². The molecule has 0 aliphatic rings. The number of hydrogen-bond acceptors (Lipinski definition) is 4. The maximum atomic E-state index is 6.19. The van der Waals surface area contributed by atoms with Crippen molar-refractivity contribution in [1.82, 2.24) is 0 Å². The number of nitrogens with zero attached hydrogens (tertiary/aromatic N) is 2. The van der Waals surface area contributed by atoms with E-state index in [1.165, 1.54) is 64.2 Å². The first-order chi connectivity index (χ1) is 15.8. The number of unbranched alkanes of at least 4 members (excludes halogenated alkanes) is 10. The molecule has 0 bridgehead atoms.